The molecule has 7 heteroatoms. The standard InChI is InChI=1S/C12H17N5O2/c1-14-7-13-9-10(14)15(2)12(19)17(11(9)18)8-16-5-3-4-6-16/h7H,3-6,8H2,1-2H3. The van der Waals surface area contributed by atoms with E-state index in [0.717, 1.165) is 25.9 Å². The molecule has 0 aromatic carbocycles. The second kappa shape index (κ2) is 4.34. The van der Waals surface area contributed by atoms with Crippen LogP contribution in [0.25, 0.3) is 11.2 Å². The number of nitrogens with zero attached hydrogens (tertiary/aromatic N) is 5. The zero-order valence-electron chi connectivity index (χ0n) is 11.2. The Morgan fingerprint density at radius 3 is 2.58 bits per heavy atom. The smallest absolute Gasteiger partial charge is 0.320 e. The van der Waals surface area contributed by atoms with E-state index in [9.17, 15) is 9.59 Å². The van der Waals surface area contributed by atoms with E-state index in [-0.39, 0.29) is 11.2 Å². The Balaban J connectivity index is 2.19. The Labute approximate surface area is 109 Å². The first-order valence-electron chi connectivity index (χ1n) is 6.43. The van der Waals surface area contributed by atoms with Gasteiger partial charge in [-0.1, -0.05) is 0 Å². The lowest BCUT2D eigenvalue weighted by atomic mass is 10.4. The van der Waals surface area contributed by atoms with Gasteiger partial charge in [0, 0.05) is 14.1 Å². The van der Waals surface area contributed by atoms with Gasteiger partial charge in [0.25, 0.3) is 5.56 Å². The van der Waals surface area contributed by atoms with Gasteiger partial charge in [0.1, 0.15) is 5.65 Å². The number of aryl methyl sites for hydroxylation is 2. The van der Waals surface area contributed by atoms with Crippen molar-refractivity contribution in [1.29, 1.82) is 0 Å². The monoisotopic (exact) mass is 263 g/mol. The van der Waals surface area contributed by atoms with Crippen LogP contribution >= 0.6 is 0 Å². The topological polar surface area (TPSA) is 65.1 Å². The first-order chi connectivity index (χ1) is 9.09. The van der Waals surface area contributed by atoms with Crippen molar-refractivity contribution in [1.82, 2.24) is 23.6 Å². The summed E-state index contributed by atoms with van der Waals surface area (Å²) in [6.45, 7) is 2.24. The molecular formula is C12H17N5O2. The number of rotatable bonds is 2. The summed E-state index contributed by atoms with van der Waals surface area (Å²) < 4.78 is 4.46. The van der Waals surface area contributed by atoms with Gasteiger partial charge in [-0.15, -0.1) is 0 Å². The summed E-state index contributed by atoms with van der Waals surface area (Å²) in [6, 6.07) is 0. The average Bonchev–Trinajstić information content (AvgIpc) is 3.01. The number of aromatic nitrogens is 4. The molecule has 3 heterocycles. The Morgan fingerprint density at radius 2 is 1.89 bits per heavy atom. The van der Waals surface area contributed by atoms with Gasteiger partial charge >= 0.3 is 5.69 Å². The molecule has 0 aliphatic carbocycles. The summed E-state index contributed by atoms with van der Waals surface area (Å²) in [5, 5.41) is 0. The van der Waals surface area contributed by atoms with Gasteiger partial charge in [-0.25, -0.2) is 14.3 Å². The largest absolute Gasteiger partial charge is 0.333 e. The predicted molar refractivity (Wildman–Crippen MR) is 71.0 cm³/mol. The molecule has 2 aromatic rings. The fourth-order valence-electron chi connectivity index (χ4n) is 2.71. The normalized spacial score (nSPS) is 16.5. The summed E-state index contributed by atoms with van der Waals surface area (Å²) in [5.74, 6) is 0. The molecule has 0 N–H and O–H groups in total. The van der Waals surface area contributed by atoms with Gasteiger partial charge in [0.15, 0.2) is 5.52 Å². The highest BCUT2D eigenvalue weighted by molar-refractivity contribution is 5.69. The van der Waals surface area contributed by atoms with Gasteiger partial charge in [0.05, 0.1) is 13.0 Å². The highest BCUT2D eigenvalue weighted by Gasteiger charge is 2.18. The maximum Gasteiger partial charge on any atom is 0.333 e. The first-order valence-corrected chi connectivity index (χ1v) is 6.43. The van der Waals surface area contributed by atoms with Crippen LogP contribution in [-0.4, -0.2) is 36.7 Å². The Bertz CT molecular complexity index is 733. The van der Waals surface area contributed by atoms with Gasteiger partial charge in [-0.3, -0.25) is 14.3 Å². The number of hydrogen-bond acceptors (Lipinski definition) is 4. The molecule has 1 saturated heterocycles. The fraction of sp³-hybridized carbons (Fsp3) is 0.583. The zero-order chi connectivity index (χ0) is 13.6. The Hall–Kier alpha value is -1.89. The molecule has 0 amide bonds. The van der Waals surface area contributed by atoms with Gasteiger partial charge in [0.2, 0.25) is 0 Å². The third-order valence-corrected chi connectivity index (χ3v) is 3.73. The SMILES string of the molecule is Cn1cnc2c(=O)n(CN3CCCC3)c(=O)n(C)c21. The third kappa shape index (κ3) is 1.81. The van der Waals surface area contributed by atoms with Gasteiger partial charge < -0.3 is 4.57 Å². The highest BCUT2D eigenvalue weighted by atomic mass is 16.2. The minimum Gasteiger partial charge on any atom is -0.320 e. The number of fused-ring (bicyclic) bond motifs is 1. The van der Waals surface area contributed by atoms with Crippen LogP contribution in [0.3, 0.4) is 0 Å². The Kier molecular flexibility index (Phi) is 2.78. The van der Waals surface area contributed by atoms with Crippen LogP contribution < -0.4 is 11.2 Å². The minimum atomic E-state index is -0.300. The second-order valence-electron chi connectivity index (χ2n) is 5.07. The van der Waals surface area contributed by atoms with E-state index in [4.69, 9.17) is 0 Å². The number of hydrogen-bond donors (Lipinski definition) is 0. The summed E-state index contributed by atoms with van der Waals surface area (Å²) in [4.78, 5) is 30.9. The molecule has 0 atom stereocenters. The Morgan fingerprint density at radius 1 is 1.21 bits per heavy atom. The summed E-state index contributed by atoms with van der Waals surface area (Å²) in [7, 11) is 3.45. The summed E-state index contributed by atoms with van der Waals surface area (Å²) >= 11 is 0. The molecule has 1 fully saturated rings. The molecule has 0 saturated carbocycles. The lowest BCUT2D eigenvalue weighted by Crippen LogP contribution is -2.43. The second-order valence-corrected chi connectivity index (χ2v) is 5.07. The molecule has 0 spiro atoms. The van der Waals surface area contributed by atoms with E-state index in [0.29, 0.717) is 17.8 Å². The van der Waals surface area contributed by atoms with Crippen molar-refractivity contribution in [3.05, 3.63) is 27.2 Å². The predicted octanol–water partition coefficient (Wildman–Crippen LogP) is -0.513. The molecule has 3 rings (SSSR count). The van der Waals surface area contributed by atoms with Crippen LogP contribution in [0, 0.1) is 0 Å². The van der Waals surface area contributed by atoms with Crippen LogP contribution in [0.15, 0.2) is 15.9 Å². The highest BCUT2D eigenvalue weighted by Crippen LogP contribution is 2.08. The van der Waals surface area contributed by atoms with Crippen LogP contribution in [-0.2, 0) is 20.8 Å². The maximum atomic E-state index is 12.3. The van der Waals surface area contributed by atoms with Crippen molar-refractivity contribution in [3.8, 4) is 0 Å². The maximum absolute atomic E-state index is 12.3. The van der Waals surface area contributed by atoms with Crippen molar-refractivity contribution in [3.63, 3.8) is 0 Å². The van der Waals surface area contributed by atoms with Crippen molar-refractivity contribution >= 4 is 11.2 Å². The van der Waals surface area contributed by atoms with E-state index in [1.807, 2.05) is 0 Å². The van der Waals surface area contributed by atoms with Crippen LogP contribution in [0.2, 0.25) is 0 Å². The molecule has 0 bridgehead atoms. The summed E-state index contributed by atoms with van der Waals surface area (Å²) in [5.41, 5.74) is 0.329. The molecule has 19 heavy (non-hydrogen) atoms. The molecule has 0 unspecified atom stereocenters. The minimum absolute atomic E-state index is 0.284. The van der Waals surface area contributed by atoms with E-state index in [2.05, 4.69) is 9.88 Å². The number of likely N-dealkylation sites (tertiary alicyclic amines) is 1. The van der Waals surface area contributed by atoms with Crippen molar-refractivity contribution < 1.29 is 0 Å². The van der Waals surface area contributed by atoms with E-state index in [1.54, 1.807) is 25.0 Å². The first kappa shape index (κ1) is 12.2. The van der Waals surface area contributed by atoms with Crippen molar-refractivity contribution in [2.75, 3.05) is 13.1 Å². The summed E-state index contributed by atoms with van der Waals surface area (Å²) in [6.07, 6.45) is 3.81. The van der Waals surface area contributed by atoms with Crippen LogP contribution in [0.4, 0.5) is 0 Å². The van der Waals surface area contributed by atoms with Crippen molar-refractivity contribution in [2.24, 2.45) is 14.1 Å². The lowest BCUT2D eigenvalue weighted by molar-refractivity contribution is 0.259. The van der Waals surface area contributed by atoms with Gasteiger partial charge in [-0.05, 0) is 25.9 Å². The zero-order valence-corrected chi connectivity index (χ0v) is 11.2. The van der Waals surface area contributed by atoms with Gasteiger partial charge in [-0.2, -0.15) is 0 Å². The molecular weight excluding hydrogens is 246 g/mol. The molecule has 1 aliphatic heterocycles. The lowest BCUT2D eigenvalue weighted by Gasteiger charge is -2.16. The average molecular weight is 263 g/mol. The third-order valence-electron chi connectivity index (χ3n) is 3.73. The quantitative estimate of drug-likeness (QED) is 0.732. The van der Waals surface area contributed by atoms with Crippen molar-refractivity contribution in [2.45, 2.75) is 19.5 Å². The molecule has 7 nitrogen and oxygen atoms in total. The molecule has 2 aromatic heterocycles. The van der Waals surface area contributed by atoms with E-state index in [1.165, 1.54) is 9.13 Å². The molecule has 102 valence electrons. The number of imidazole rings is 1. The van der Waals surface area contributed by atoms with E-state index < -0.39 is 0 Å². The molecule has 0 radical (unpaired) electrons. The van der Waals surface area contributed by atoms with Crippen LogP contribution in [0.1, 0.15) is 12.8 Å². The van der Waals surface area contributed by atoms with Crippen LogP contribution in [0.5, 0.6) is 0 Å². The van der Waals surface area contributed by atoms with E-state index >= 15 is 0 Å². The fourth-order valence-corrected chi connectivity index (χ4v) is 2.71. The molecule has 1 aliphatic rings.